The fraction of sp³-hybridized carbons (Fsp3) is 0.300. The summed E-state index contributed by atoms with van der Waals surface area (Å²) in [5.74, 6) is 0. The van der Waals surface area contributed by atoms with Gasteiger partial charge in [-0.15, -0.1) is 0 Å². The molecule has 0 aliphatic carbocycles. The van der Waals surface area contributed by atoms with Crippen molar-refractivity contribution in [1.29, 1.82) is 5.26 Å². The molecule has 2 N–H and O–H groups in total. The van der Waals surface area contributed by atoms with Crippen LogP contribution in [0.4, 0.5) is 18.9 Å². The summed E-state index contributed by atoms with van der Waals surface area (Å²) in [6, 6.07) is 5.99. The van der Waals surface area contributed by atoms with Crippen LogP contribution in [0.3, 0.4) is 0 Å². The zero-order valence-corrected chi connectivity index (χ0v) is 10.6. The van der Waals surface area contributed by atoms with Crippen molar-refractivity contribution in [2.75, 3.05) is 11.3 Å². The van der Waals surface area contributed by atoms with Gasteiger partial charge in [-0.05, 0) is 24.6 Å². The van der Waals surface area contributed by atoms with E-state index in [1.54, 1.807) is 13.0 Å². The molecule has 0 spiro atoms. The van der Waals surface area contributed by atoms with Crippen LogP contribution in [0.5, 0.6) is 0 Å². The van der Waals surface area contributed by atoms with E-state index in [2.05, 4.69) is 0 Å². The van der Waals surface area contributed by atoms with E-state index >= 15 is 0 Å². The Balaban J connectivity index is 2.87. The van der Waals surface area contributed by atoms with Crippen molar-refractivity contribution in [3.05, 3.63) is 29.3 Å². The molecule has 5 nitrogen and oxygen atoms in total. The highest BCUT2D eigenvalue weighted by atomic mass is 32.2. The summed E-state index contributed by atoms with van der Waals surface area (Å²) in [5, 5.41) is 8.67. The maximum Gasteiger partial charge on any atom is 0.402 e. The van der Waals surface area contributed by atoms with E-state index in [-0.39, 0.29) is 11.3 Å². The lowest BCUT2D eigenvalue weighted by atomic mass is 10.1. The zero-order chi connectivity index (χ0) is 14.7. The first-order valence-electron chi connectivity index (χ1n) is 4.98. The van der Waals surface area contributed by atoms with Crippen LogP contribution in [0.1, 0.15) is 11.1 Å². The fourth-order valence-electron chi connectivity index (χ4n) is 1.16. The normalized spacial score (nSPS) is 11.9. The summed E-state index contributed by atoms with van der Waals surface area (Å²) >= 11 is 0. The number of anilines is 1. The highest BCUT2D eigenvalue weighted by molar-refractivity contribution is 7.90. The summed E-state index contributed by atoms with van der Waals surface area (Å²) in [4.78, 5) is 0. The van der Waals surface area contributed by atoms with Gasteiger partial charge in [0.2, 0.25) is 0 Å². The summed E-state index contributed by atoms with van der Waals surface area (Å²) in [7, 11) is -4.34. The molecule has 0 saturated carbocycles. The van der Waals surface area contributed by atoms with Gasteiger partial charge in [0.25, 0.3) is 10.2 Å². The van der Waals surface area contributed by atoms with Crippen molar-refractivity contribution in [1.82, 2.24) is 4.72 Å². The van der Waals surface area contributed by atoms with Crippen molar-refractivity contribution in [3.63, 3.8) is 0 Å². The van der Waals surface area contributed by atoms with Crippen molar-refractivity contribution < 1.29 is 21.6 Å². The second kappa shape index (κ2) is 5.46. The summed E-state index contributed by atoms with van der Waals surface area (Å²) in [6.07, 6.45) is -4.64. The van der Waals surface area contributed by atoms with Gasteiger partial charge >= 0.3 is 6.18 Å². The standard InChI is InChI=1S/C10H10F3N3O2S/c1-7-2-3-8(5-14)4-9(7)16-19(17,18)15-6-10(11,12)13/h2-4,15-16H,6H2,1H3. The van der Waals surface area contributed by atoms with Gasteiger partial charge in [0, 0.05) is 0 Å². The lowest BCUT2D eigenvalue weighted by Gasteiger charge is -2.12. The van der Waals surface area contributed by atoms with Crippen molar-refractivity contribution in [2.24, 2.45) is 0 Å². The molecule has 0 aliphatic heterocycles. The summed E-state index contributed by atoms with van der Waals surface area (Å²) in [5.41, 5.74) is 0.726. The lowest BCUT2D eigenvalue weighted by Crippen LogP contribution is -2.37. The van der Waals surface area contributed by atoms with Crippen LogP contribution in [0, 0.1) is 18.3 Å². The largest absolute Gasteiger partial charge is 0.402 e. The molecule has 0 unspecified atom stereocenters. The first-order chi connectivity index (χ1) is 8.63. The molecular formula is C10H10F3N3O2S. The molecule has 104 valence electrons. The number of rotatable bonds is 4. The number of hydrogen-bond acceptors (Lipinski definition) is 3. The molecular weight excluding hydrogens is 283 g/mol. The quantitative estimate of drug-likeness (QED) is 0.886. The minimum absolute atomic E-state index is 0.0497. The average molecular weight is 293 g/mol. The van der Waals surface area contributed by atoms with Crippen LogP contribution in [-0.2, 0) is 10.2 Å². The van der Waals surface area contributed by atoms with Gasteiger partial charge in [-0.25, -0.2) is 0 Å². The Labute approximate surface area is 108 Å². The van der Waals surface area contributed by atoms with Crippen molar-refractivity contribution >= 4 is 15.9 Å². The van der Waals surface area contributed by atoms with Crippen molar-refractivity contribution in [2.45, 2.75) is 13.1 Å². The first kappa shape index (κ1) is 15.3. The monoisotopic (exact) mass is 293 g/mol. The third kappa shape index (κ3) is 5.15. The molecule has 0 fully saturated rings. The van der Waals surface area contributed by atoms with Gasteiger partial charge in [0.15, 0.2) is 0 Å². The van der Waals surface area contributed by atoms with Crippen LogP contribution in [0.15, 0.2) is 18.2 Å². The number of halogens is 3. The van der Waals surface area contributed by atoms with Crippen LogP contribution in [0.2, 0.25) is 0 Å². The zero-order valence-electron chi connectivity index (χ0n) is 9.75. The molecule has 0 bridgehead atoms. The molecule has 0 aromatic heterocycles. The Hall–Kier alpha value is -1.79. The van der Waals surface area contributed by atoms with Crippen molar-refractivity contribution in [3.8, 4) is 6.07 Å². The van der Waals surface area contributed by atoms with Crippen LogP contribution < -0.4 is 9.44 Å². The fourth-order valence-corrected chi connectivity index (χ4v) is 2.09. The van der Waals surface area contributed by atoms with Crippen LogP contribution in [-0.4, -0.2) is 21.1 Å². The van der Waals surface area contributed by atoms with Gasteiger partial charge in [0.05, 0.1) is 17.3 Å². The first-order valence-corrected chi connectivity index (χ1v) is 6.46. The molecule has 1 aromatic carbocycles. The molecule has 0 radical (unpaired) electrons. The van der Waals surface area contributed by atoms with Gasteiger partial charge in [-0.1, -0.05) is 6.07 Å². The van der Waals surface area contributed by atoms with Crippen LogP contribution in [0.25, 0.3) is 0 Å². The Bertz CT molecular complexity index is 605. The number of aryl methyl sites for hydroxylation is 1. The molecule has 1 rings (SSSR count). The number of benzene rings is 1. The Morgan fingerprint density at radius 2 is 2.00 bits per heavy atom. The highest BCUT2D eigenvalue weighted by Gasteiger charge is 2.29. The molecule has 19 heavy (non-hydrogen) atoms. The third-order valence-corrected chi connectivity index (χ3v) is 3.09. The minimum atomic E-state index is -4.64. The number of nitrogens with zero attached hydrogens (tertiary/aromatic N) is 1. The summed E-state index contributed by atoms with van der Waals surface area (Å²) < 4.78 is 61.9. The third-order valence-electron chi connectivity index (χ3n) is 2.07. The topological polar surface area (TPSA) is 82.0 Å². The number of hydrogen-bond donors (Lipinski definition) is 2. The number of nitriles is 1. The van der Waals surface area contributed by atoms with E-state index in [1.807, 2.05) is 4.72 Å². The van der Waals surface area contributed by atoms with Crippen LogP contribution >= 0.6 is 0 Å². The lowest BCUT2D eigenvalue weighted by molar-refractivity contribution is -0.121. The van der Waals surface area contributed by atoms with Gasteiger partial charge in [-0.2, -0.15) is 31.6 Å². The SMILES string of the molecule is Cc1ccc(C#N)cc1NS(=O)(=O)NCC(F)(F)F. The molecule has 0 amide bonds. The average Bonchev–Trinajstić information content (AvgIpc) is 2.29. The van der Waals surface area contributed by atoms with E-state index in [0.29, 0.717) is 5.56 Å². The highest BCUT2D eigenvalue weighted by Crippen LogP contribution is 2.18. The predicted molar refractivity (Wildman–Crippen MR) is 62.5 cm³/mol. The predicted octanol–water partition coefficient (Wildman–Crippen LogP) is 1.68. The van der Waals surface area contributed by atoms with E-state index < -0.39 is 22.9 Å². The van der Waals surface area contributed by atoms with E-state index in [1.165, 1.54) is 22.9 Å². The Kier molecular flexibility index (Phi) is 4.39. The van der Waals surface area contributed by atoms with E-state index in [0.717, 1.165) is 0 Å². The van der Waals surface area contributed by atoms with Gasteiger partial charge in [-0.3, -0.25) is 4.72 Å². The smallest absolute Gasteiger partial charge is 0.271 e. The maximum absolute atomic E-state index is 11.9. The summed E-state index contributed by atoms with van der Waals surface area (Å²) in [6.45, 7) is -0.109. The van der Waals surface area contributed by atoms with E-state index in [4.69, 9.17) is 5.26 Å². The molecule has 0 heterocycles. The minimum Gasteiger partial charge on any atom is -0.271 e. The Morgan fingerprint density at radius 1 is 1.37 bits per heavy atom. The second-order valence-electron chi connectivity index (χ2n) is 3.68. The maximum atomic E-state index is 11.9. The molecule has 0 atom stereocenters. The molecule has 0 saturated heterocycles. The molecule has 1 aromatic rings. The number of alkyl halides is 3. The Morgan fingerprint density at radius 3 is 2.53 bits per heavy atom. The molecule has 9 heteroatoms. The van der Waals surface area contributed by atoms with Gasteiger partial charge in [0.1, 0.15) is 6.54 Å². The second-order valence-corrected chi connectivity index (χ2v) is 5.18. The number of nitrogens with one attached hydrogen (secondary N) is 2. The van der Waals surface area contributed by atoms with Gasteiger partial charge < -0.3 is 0 Å². The van der Waals surface area contributed by atoms with E-state index in [9.17, 15) is 21.6 Å². The molecule has 0 aliphatic rings.